The Labute approximate surface area is 108 Å². The van der Waals surface area contributed by atoms with E-state index in [2.05, 4.69) is 15.9 Å². The minimum Gasteiger partial charge on any atom is -0.507 e. The summed E-state index contributed by atoms with van der Waals surface area (Å²) in [6, 6.07) is 11.1. The summed E-state index contributed by atoms with van der Waals surface area (Å²) < 4.78 is 0.954. The number of hydrogen-bond donors (Lipinski definition) is 1. The summed E-state index contributed by atoms with van der Waals surface area (Å²) in [6.07, 6.45) is 0. The fourth-order valence-electron chi connectivity index (χ4n) is 1.58. The highest BCUT2D eigenvalue weighted by Gasteiger charge is 2.08. The molecule has 0 amide bonds. The molecule has 0 aliphatic heterocycles. The molecule has 0 heterocycles. The van der Waals surface area contributed by atoms with Crippen molar-refractivity contribution in [1.82, 2.24) is 0 Å². The van der Waals surface area contributed by atoms with E-state index in [1.807, 2.05) is 31.2 Å². The molecule has 0 spiro atoms. The quantitative estimate of drug-likeness (QED) is 0.803. The number of phenolic OH excluding ortho intramolecular Hbond substituents is 1. The van der Waals surface area contributed by atoms with Gasteiger partial charge in [-0.25, -0.2) is 0 Å². The molecule has 0 fully saturated rings. The van der Waals surface area contributed by atoms with Crippen LogP contribution < -0.4 is 0 Å². The Hall–Kier alpha value is -0.990. The van der Waals surface area contributed by atoms with Crippen LogP contribution in [0.25, 0.3) is 11.1 Å². The molecule has 16 heavy (non-hydrogen) atoms. The van der Waals surface area contributed by atoms with Crippen molar-refractivity contribution >= 4 is 27.5 Å². The Balaban J connectivity index is 2.62. The van der Waals surface area contributed by atoms with Gasteiger partial charge in [-0.1, -0.05) is 45.2 Å². The first kappa shape index (κ1) is 11.5. The van der Waals surface area contributed by atoms with Crippen molar-refractivity contribution in [3.05, 3.63) is 51.5 Å². The summed E-state index contributed by atoms with van der Waals surface area (Å²) in [5.74, 6) is 0.193. The van der Waals surface area contributed by atoms with Crippen LogP contribution in [-0.2, 0) is 0 Å². The molecule has 0 atom stereocenters. The number of aryl methyl sites for hydroxylation is 1. The zero-order chi connectivity index (χ0) is 11.7. The Morgan fingerprint density at radius 1 is 1.06 bits per heavy atom. The predicted octanol–water partition coefficient (Wildman–Crippen LogP) is 4.78. The van der Waals surface area contributed by atoms with E-state index in [0.29, 0.717) is 5.02 Å². The van der Waals surface area contributed by atoms with E-state index < -0.39 is 0 Å². The molecule has 0 bridgehead atoms. The lowest BCUT2D eigenvalue weighted by Crippen LogP contribution is -1.83. The summed E-state index contributed by atoms with van der Waals surface area (Å²) in [6.45, 7) is 2.02. The van der Waals surface area contributed by atoms with Crippen LogP contribution >= 0.6 is 27.5 Å². The SMILES string of the molecule is Cc1ccc(Br)c(-c2ccc(Cl)cc2O)c1. The van der Waals surface area contributed by atoms with E-state index in [0.717, 1.165) is 21.2 Å². The van der Waals surface area contributed by atoms with Gasteiger partial charge in [-0.2, -0.15) is 0 Å². The molecule has 2 aromatic rings. The van der Waals surface area contributed by atoms with Gasteiger partial charge in [0.25, 0.3) is 0 Å². The summed E-state index contributed by atoms with van der Waals surface area (Å²) in [5, 5.41) is 10.4. The van der Waals surface area contributed by atoms with E-state index in [1.54, 1.807) is 12.1 Å². The van der Waals surface area contributed by atoms with Crippen LogP contribution in [0.4, 0.5) is 0 Å². The lowest BCUT2D eigenvalue weighted by atomic mass is 10.0. The van der Waals surface area contributed by atoms with Gasteiger partial charge in [0.1, 0.15) is 5.75 Å². The second-order valence-electron chi connectivity index (χ2n) is 3.64. The Kier molecular flexibility index (Phi) is 3.22. The summed E-state index contributed by atoms with van der Waals surface area (Å²) in [4.78, 5) is 0. The molecule has 1 nitrogen and oxygen atoms in total. The monoisotopic (exact) mass is 296 g/mol. The van der Waals surface area contributed by atoms with Gasteiger partial charge in [-0.3, -0.25) is 0 Å². The maximum absolute atomic E-state index is 9.85. The fourth-order valence-corrected chi connectivity index (χ4v) is 2.20. The molecule has 0 aromatic heterocycles. The van der Waals surface area contributed by atoms with Crippen LogP contribution in [0.15, 0.2) is 40.9 Å². The first-order valence-electron chi connectivity index (χ1n) is 4.83. The minimum absolute atomic E-state index is 0.193. The first-order valence-corrected chi connectivity index (χ1v) is 6.00. The summed E-state index contributed by atoms with van der Waals surface area (Å²) in [7, 11) is 0. The van der Waals surface area contributed by atoms with Gasteiger partial charge in [0.15, 0.2) is 0 Å². The van der Waals surface area contributed by atoms with E-state index in [9.17, 15) is 5.11 Å². The average Bonchev–Trinajstić information content (AvgIpc) is 2.22. The lowest BCUT2D eigenvalue weighted by molar-refractivity contribution is 0.477. The van der Waals surface area contributed by atoms with Crippen LogP contribution in [-0.4, -0.2) is 5.11 Å². The standard InChI is InChI=1S/C13H10BrClO/c1-8-2-5-12(14)11(6-8)10-4-3-9(15)7-13(10)16/h2-7,16H,1H3. The molecular weight excluding hydrogens is 287 g/mol. The Morgan fingerprint density at radius 3 is 2.50 bits per heavy atom. The Morgan fingerprint density at radius 2 is 1.81 bits per heavy atom. The van der Waals surface area contributed by atoms with Gasteiger partial charge in [0.2, 0.25) is 0 Å². The van der Waals surface area contributed by atoms with Crippen molar-refractivity contribution in [2.45, 2.75) is 6.92 Å². The third-order valence-electron chi connectivity index (χ3n) is 2.37. The van der Waals surface area contributed by atoms with Crippen molar-refractivity contribution in [2.75, 3.05) is 0 Å². The minimum atomic E-state index is 0.193. The van der Waals surface area contributed by atoms with Crippen LogP contribution in [0.3, 0.4) is 0 Å². The molecule has 2 rings (SSSR count). The fraction of sp³-hybridized carbons (Fsp3) is 0.0769. The van der Waals surface area contributed by atoms with Crippen molar-refractivity contribution < 1.29 is 5.11 Å². The van der Waals surface area contributed by atoms with Gasteiger partial charge in [-0.15, -0.1) is 0 Å². The Bertz CT molecular complexity index is 537. The smallest absolute Gasteiger partial charge is 0.124 e. The third kappa shape index (κ3) is 2.23. The van der Waals surface area contributed by atoms with Crippen LogP contribution in [0, 0.1) is 6.92 Å². The third-order valence-corrected chi connectivity index (χ3v) is 3.30. The van der Waals surface area contributed by atoms with Gasteiger partial charge < -0.3 is 5.11 Å². The highest BCUT2D eigenvalue weighted by Crippen LogP contribution is 2.36. The highest BCUT2D eigenvalue weighted by atomic mass is 79.9. The summed E-state index contributed by atoms with van der Waals surface area (Å²) in [5.41, 5.74) is 2.89. The van der Waals surface area contributed by atoms with Gasteiger partial charge in [-0.05, 0) is 36.8 Å². The summed E-state index contributed by atoms with van der Waals surface area (Å²) >= 11 is 9.28. The molecule has 0 saturated heterocycles. The highest BCUT2D eigenvalue weighted by molar-refractivity contribution is 9.10. The number of phenols is 1. The maximum Gasteiger partial charge on any atom is 0.124 e. The van der Waals surface area contributed by atoms with Gasteiger partial charge in [0.05, 0.1) is 0 Å². The van der Waals surface area contributed by atoms with Gasteiger partial charge in [0, 0.05) is 15.1 Å². The number of benzene rings is 2. The first-order chi connectivity index (χ1) is 7.58. The molecule has 3 heteroatoms. The molecule has 2 aromatic carbocycles. The normalized spacial score (nSPS) is 10.4. The molecule has 0 aliphatic carbocycles. The molecule has 1 N–H and O–H groups in total. The number of halogens is 2. The van der Waals surface area contributed by atoms with Crippen molar-refractivity contribution in [3.8, 4) is 16.9 Å². The van der Waals surface area contributed by atoms with Gasteiger partial charge >= 0.3 is 0 Å². The topological polar surface area (TPSA) is 20.2 Å². The lowest BCUT2D eigenvalue weighted by Gasteiger charge is -2.08. The second-order valence-corrected chi connectivity index (χ2v) is 4.94. The van der Waals surface area contributed by atoms with Crippen molar-refractivity contribution in [2.24, 2.45) is 0 Å². The van der Waals surface area contributed by atoms with Crippen LogP contribution in [0.2, 0.25) is 5.02 Å². The molecule has 0 aliphatic rings. The zero-order valence-electron chi connectivity index (χ0n) is 8.67. The van der Waals surface area contributed by atoms with Crippen molar-refractivity contribution in [3.63, 3.8) is 0 Å². The van der Waals surface area contributed by atoms with E-state index >= 15 is 0 Å². The molecule has 0 radical (unpaired) electrons. The van der Waals surface area contributed by atoms with Crippen LogP contribution in [0.1, 0.15) is 5.56 Å². The number of aromatic hydroxyl groups is 1. The average molecular weight is 298 g/mol. The second kappa shape index (κ2) is 4.48. The molecule has 82 valence electrons. The zero-order valence-corrected chi connectivity index (χ0v) is 11.0. The largest absolute Gasteiger partial charge is 0.507 e. The maximum atomic E-state index is 9.85. The molecule has 0 saturated carbocycles. The number of hydrogen-bond acceptors (Lipinski definition) is 1. The van der Waals surface area contributed by atoms with Crippen LogP contribution in [0.5, 0.6) is 5.75 Å². The van der Waals surface area contributed by atoms with Crippen molar-refractivity contribution in [1.29, 1.82) is 0 Å². The van der Waals surface area contributed by atoms with E-state index in [1.165, 1.54) is 0 Å². The molecule has 0 unspecified atom stereocenters. The number of rotatable bonds is 1. The van der Waals surface area contributed by atoms with E-state index in [-0.39, 0.29) is 5.75 Å². The predicted molar refractivity (Wildman–Crippen MR) is 71.0 cm³/mol. The van der Waals surface area contributed by atoms with E-state index in [4.69, 9.17) is 11.6 Å². The molecular formula is C13H10BrClO.